The number of pyridine rings is 1. The van der Waals surface area contributed by atoms with Crippen LogP contribution in [-0.2, 0) is 4.79 Å². The van der Waals surface area contributed by atoms with Gasteiger partial charge in [-0.15, -0.1) is 0 Å². The molecule has 7 nitrogen and oxygen atoms in total. The van der Waals surface area contributed by atoms with Gasteiger partial charge >= 0.3 is 0 Å². The lowest BCUT2D eigenvalue weighted by molar-refractivity contribution is -0.110. The van der Waals surface area contributed by atoms with E-state index in [2.05, 4.69) is 20.9 Å². The van der Waals surface area contributed by atoms with Crippen molar-refractivity contribution in [1.29, 1.82) is 5.41 Å². The topological polar surface area (TPSA) is 116 Å². The number of rotatable bonds is 5. The van der Waals surface area contributed by atoms with Gasteiger partial charge in [0.05, 0.1) is 22.5 Å². The van der Waals surface area contributed by atoms with Gasteiger partial charge in [0.1, 0.15) is 11.5 Å². The average Bonchev–Trinajstić information content (AvgIpc) is 2.66. The number of nitrogens with zero attached hydrogens (tertiary/aromatic N) is 1. The van der Waals surface area contributed by atoms with Crippen LogP contribution in [0, 0.1) is 5.41 Å². The third-order valence-corrected chi connectivity index (χ3v) is 4.50. The molecule has 0 aliphatic carbocycles. The number of nitrogens with two attached hydrogens (primary N) is 1. The van der Waals surface area contributed by atoms with Crippen LogP contribution >= 0.6 is 11.6 Å². The highest BCUT2D eigenvalue weighted by molar-refractivity contribution is 6.50. The summed E-state index contributed by atoms with van der Waals surface area (Å²) in [6.07, 6.45) is 3.44. The normalized spacial score (nSPS) is 16.7. The SMILES string of the molecule is N=C(C(=O)Nc1ccccc1)c1c(N)ncc(Cl)c1NC1CCCNC1. The van der Waals surface area contributed by atoms with Crippen LogP contribution in [-0.4, -0.2) is 35.7 Å². The summed E-state index contributed by atoms with van der Waals surface area (Å²) in [6.45, 7) is 1.76. The van der Waals surface area contributed by atoms with Crippen molar-refractivity contribution in [3.63, 3.8) is 0 Å². The fourth-order valence-electron chi connectivity index (χ4n) is 2.90. The molecule has 2 aromatic rings. The van der Waals surface area contributed by atoms with Crippen molar-refractivity contribution in [2.24, 2.45) is 0 Å². The number of hydrogen-bond acceptors (Lipinski definition) is 6. The Balaban J connectivity index is 1.86. The molecule has 1 aromatic carbocycles. The van der Waals surface area contributed by atoms with Gasteiger partial charge in [0.15, 0.2) is 0 Å². The van der Waals surface area contributed by atoms with E-state index in [-0.39, 0.29) is 23.1 Å². The summed E-state index contributed by atoms with van der Waals surface area (Å²) in [5.41, 5.74) is 6.99. The lowest BCUT2D eigenvalue weighted by Gasteiger charge is -2.26. The van der Waals surface area contributed by atoms with Crippen LogP contribution < -0.4 is 21.7 Å². The van der Waals surface area contributed by atoms with Gasteiger partial charge in [0, 0.05) is 18.3 Å². The lowest BCUT2D eigenvalue weighted by atomic mass is 10.0. The van der Waals surface area contributed by atoms with Gasteiger partial charge in [-0.25, -0.2) is 4.98 Å². The van der Waals surface area contributed by atoms with Crippen molar-refractivity contribution < 1.29 is 4.79 Å². The molecule has 0 saturated carbocycles. The Kier molecular flexibility index (Phi) is 5.70. The first-order valence-corrected chi connectivity index (χ1v) is 8.80. The number of nitrogen functional groups attached to an aromatic ring is 1. The number of nitrogens with one attached hydrogen (secondary N) is 4. The van der Waals surface area contributed by atoms with Crippen molar-refractivity contribution in [3.8, 4) is 0 Å². The molecule has 6 N–H and O–H groups in total. The number of hydrogen-bond donors (Lipinski definition) is 5. The number of piperidine rings is 1. The summed E-state index contributed by atoms with van der Waals surface area (Å²) in [4.78, 5) is 16.5. The van der Waals surface area contributed by atoms with Gasteiger partial charge < -0.3 is 21.7 Å². The number of carbonyl (C=O) groups is 1. The molecular formula is C18H21ClN6O. The highest BCUT2D eigenvalue weighted by Gasteiger charge is 2.24. The van der Waals surface area contributed by atoms with Gasteiger partial charge in [-0.3, -0.25) is 10.2 Å². The summed E-state index contributed by atoms with van der Waals surface area (Å²) >= 11 is 6.30. The maximum Gasteiger partial charge on any atom is 0.274 e. The Morgan fingerprint density at radius 2 is 2.12 bits per heavy atom. The van der Waals surface area contributed by atoms with Crippen LogP contribution in [0.5, 0.6) is 0 Å². The first-order valence-electron chi connectivity index (χ1n) is 8.43. The molecular weight excluding hydrogens is 352 g/mol. The predicted molar refractivity (Wildman–Crippen MR) is 105 cm³/mol. The number of halogens is 1. The van der Waals surface area contributed by atoms with Crippen molar-refractivity contribution in [2.75, 3.05) is 29.5 Å². The number of carbonyl (C=O) groups excluding carboxylic acids is 1. The zero-order chi connectivity index (χ0) is 18.5. The van der Waals surface area contributed by atoms with E-state index in [1.807, 2.05) is 6.07 Å². The number of anilines is 3. The van der Waals surface area contributed by atoms with E-state index in [0.29, 0.717) is 16.4 Å². The molecule has 1 aliphatic rings. The third-order valence-electron chi connectivity index (χ3n) is 4.22. The van der Waals surface area contributed by atoms with Crippen molar-refractivity contribution in [1.82, 2.24) is 10.3 Å². The zero-order valence-electron chi connectivity index (χ0n) is 14.2. The Labute approximate surface area is 156 Å². The van der Waals surface area contributed by atoms with Crippen molar-refractivity contribution >= 4 is 40.4 Å². The van der Waals surface area contributed by atoms with Crippen LogP contribution in [0.15, 0.2) is 36.5 Å². The van der Waals surface area contributed by atoms with Gasteiger partial charge in [-0.1, -0.05) is 29.8 Å². The Morgan fingerprint density at radius 3 is 2.81 bits per heavy atom. The number of amides is 1. The van der Waals surface area contributed by atoms with E-state index in [1.54, 1.807) is 24.3 Å². The molecule has 0 bridgehead atoms. The van der Waals surface area contributed by atoms with E-state index in [9.17, 15) is 4.79 Å². The Bertz CT molecular complexity index is 805. The van der Waals surface area contributed by atoms with Crippen LogP contribution in [0.2, 0.25) is 5.02 Å². The summed E-state index contributed by atoms with van der Waals surface area (Å²) in [7, 11) is 0. The maximum absolute atomic E-state index is 12.5. The molecule has 8 heteroatoms. The van der Waals surface area contributed by atoms with E-state index in [4.69, 9.17) is 22.7 Å². The van der Waals surface area contributed by atoms with Crippen molar-refractivity contribution in [2.45, 2.75) is 18.9 Å². The summed E-state index contributed by atoms with van der Waals surface area (Å²) in [6, 6.07) is 9.09. The van der Waals surface area contributed by atoms with E-state index < -0.39 is 5.91 Å². The van der Waals surface area contributed by atoms with Gasteiger partial charge in [0.25, 0.3) is 5.91 Å². The molecule has 1 unspecified atom stereocenters. The smallest absolute Gasteiger partial charge is 0.274 e. The fraction of sp³-hybridized carbons (Fsp3) is 0.278. The Morgan fingerprint density at radius 1 is 1.35 bits per heavy atom. The van der Waals surface area contributed by atoms with Gasteiger partial charge in [0.2, 0.25) is 0 Å². The molecule has 1 aliphatic heterocycles. The molecule has 1 atom stereocenters. The van der Waals surface area contributed by atoms with Crippen LogP contribution in [0.4, 0.5) is 17.2 Å². The second-order valence-corrected chi connectivity index (χ2v) is 6.53. The summed E-state index contributed by atoms with van der Waals surface area (Å²) in [5, 5.41) is 18.0. The summed E-state index contributed by atoms with van der Waals surface area (Å²) in [5.74, 6) is -0.481. The number of aromatic nitrogens is 1. The largest absolute Gasteiger partial charge is 0.383 e. The van der Waals surface area contributed by atoms with E-state index in [1.165, 1.54) is 6.20 Å². The lowest BCUT2D eigenvalue weighted by Crippen LogP contribution is -2.39. The second kappa shape index (κ2) is 8.16. The standard InChI is InChI=1S/C18H21ClN6O/c19-13-10-23-17(21)14(16(13)24-12-7-4-8-22-9-12)15(20)18(26)25-11-5-2-1-3-6-11/h1-3,5-6,10,12,20,22H,4,7-9H2,(H,25,26)(H3,21,23,24). The molecule has 2 heterocycles. The minimum atomic E-state index is -0.572. The molecule has 0 spiro atoms. The fourth-order valence-corrected chi connectivity index (χ4v) is 3.10. The maximum atomic E-state index is 12.5. The molecule has 0 radical (unpaired) electrons. The first kappa shape index (κ1) is 18.2. The summed E-state index contributed by atoms with van der Waals surface area (Å²) < 4.78 is 0. The average molecular weight is 373 g/mol. The highest BCUT2D eigenvalue weighted by Crippen LogP contribution is 2.31. The van der Waals surface area contributed by atoms with E-state index in [0.717, 1.165) is 25.9 Å². The molecule has 1 amide bonds. The zero-order valence-corrected chi connectivity index (χ0v) is 14.9. The van der Waals surface area contributed by atoms with Gasteiger partial charge in [-0.2, -0.15) is 0 Å². The molecule has 26 heavy (non-hydrogen) atoms. The van der Waals surface area contributed by atoms with Crippen molar-refractivity contribution in [3.05, 3.63) is 47.1 Å². The Hall–Kier alpha value is -2.64. The molecule has 3 rings (SSSR count). The number of benzene rings is 1. The van der Waals surface area contributed by atoms with E-state index >= 15 is 0 Å². The third kappa shape index (κ3) is 4.12. The van der Waals surface area contributed by atoms with Crippen LogP contribution in [0.3, 0.4) is 0 Å². The molecule has 1 saturated heterocycles. The monoisotopic (exact) mass is 372 g/mol. The predicted octanol–water partition coefficient (Wildman–Crippen LogP) is 2.49. The minimum absolute atomic E-state index is 0.0916. The molecule has 1 aromatic heterocycles. The number of para-hydroxylation sites is 1. The minimum Gasteiger partial charge on any atom is -0.383 e. The molecule has 136 valence electrons. The van der Waals surface area contributed by atoms with Gasteiger partial charge in [-0.05, 0) is 31.5 Å². The molecule has 1 fully saturated rings. The van der Waals surface area contributed by atoms with Crippen LogP contribution in [0.1, 0.15) is 18.4 Å². The first-order chi connectivity index (χ1) is 12.6. The highest BCUT2D eigenvalue weighted by atomic mass is 35.5. The second-order valence-electron chi connectivity index (χ2n) is 6.12. The van der Waals surface area contributed by atoms with Crippen LogP contribution in [0.25, 0.3) is 0 Å². The quantitative estimate of drug-likeness (QED) is 0.517.